The van der Waals surface area contributed by atoms with E-state index in [1.165, 1.54) is 0 Å². The number of rotatable bonds is 8. The Morgan fingerprint density at radius 1 is 0.962 bits per heavy atom. The van der Waals surface area contributed by atoms with Gasteiger partial charge in [-0.15, -0.1) is 0 Å². The molecule has 0 saturated carbocycles. The van der Waals surface area contributed by atoms with Gasteiger partial charge in [-0.1, -0.05) is 13.3 Å². The highest BCUT2D eigenvalue weighted by molar-refractivity contribution is 7.80. The van der Waals surface area contributed by atoms with Crippen molar-refractivity contribution in [3.63, 3.8) is 0 Å². The molecule has 0 heterocycles. The molecule has 2 aromatic carbocycles. The zero-order chi connectivity index (χ0) is 18.8. The van der Waals surface area contributed by atoms with Crippen molar-refractivity contribution in [1.82, 2.24) is 5.32 Å². The third-order valence-corrected chi connectivity index (χ3v) is 3.74. The summed E-state index contributed by atoms with van der Waals surface area (Å²) in [5, 5.41) is 5.89. The molecule has 0 spiro atoms. The van der Waals surface area contributed by atoms with Gasteiger partial charge in [0.2, 0.25) is 0 Å². The Morgan fingerprint density at radius 3 is 2.19 bits per heavy atom. The second-order valence-corrected chi connectivity index (χ2v) is 6.00. The van der Waals surface area contributed by atoms with E-state index in [4.69, 9.17) is 21.7 Å². The predicted octanol–water partition coefficient (Wildman–Crippen LogP) is 4.39. The second-order valence-electron chi connectivity index (χ2n) is 5.59. The van der Waals surface area contributed by atoms with Gasteiger partial charge in [0.15, 0.2) is 5.11 Å². The second kappa shape index (κ2) is 10.4. The van der Waals surface area contributed by atoms with Crippen LogP contribution in [0, 0.1) is 0 Å². The molecule has 0 bridgehead atoms. The van der Waals surface area contributed by atoms with Crippen LogP contribution in [0.3, 0.4) is 0 Å². The quantitative estimate of drug-likeness (QED) is 0.532. The van der Waals surface area contributed by atoms with Gasteiger partial charge in [-0.2, -0.15) is 0 Å². The highest BCUT2D eigenvalue weighted by Crippen LogP contribution is 2.16. The maximum atomic E-state index is 12.2. The van der Waals surface area contributed by atoms with Crippen LogP contribution in [0.25, 0.3) is 0 Å². The predicted molar refractivity (Wildman–Crippen MR) is 108 cm³/mol. The maximum Gasteiger partial charge on any atom is 0.257 e. The lowest BCUT2D eigenvalue weighted by atomic mass is 10.2. The van der Waals surface area contributed by atoms with E-state index in [9.17, 15) is 4.79 Å². The number of anilines is 1. The maximum absolute atomic E-state index is 12.2. The summed E-state index contributed by atoms with van der Waals surface area (Å²) in [6, 6.07) is 14.4. The van der Waals surface area contributed by atoms with E-state index in [2.05, 4.69) is 17.6 Å². The number of carbonyl (C=O) groups is 1. The fourth-order valence-electron chi connectivity index (χ4n) is 2.18. The molecule has 26 heavy (non-hydrogen) atoms. The minimum absolute atomic E-state index is 0.239. The van der Waals surface area contributed by atoms with Crippen molar-refractivity contribution in [2.45, 2.75) is 26.7 Å². The van der Waals surface area contributed by atoms with Crippen molar-refractivity contribution in [3.05, 3.63) is 54.1 Å². The number of nitrogens with one attached hydrogen (secondary N) is 2. The van der Waals surface area contributed by atoms with Crippen molar-refractivity contribution < 1.29 is 14.3 Å². The first kappa shape index (κ1) is 19.7. The fourth-order valence-corrected chi connectivity index (χ4v) is 2.39. The molecule has 0 aromatic heterocycles. The van der Waals surface area contributed by atoms with Crippen LogP contribution in [0.1, 0.15) is 37.0 Å². The molecular formula is C20H24N2O3S. The van der Waals surface area contributed by atoms with Gasteiger partial charge in [0.25, 0.3) is 5.91 Å². The molecule has 2 N–H and O–H groups in total. The van der Waals surface area contributed by atoms with Crippen molar-refractivity contribution in [2.75, 3.05) is 18.5 Å². The Hall–Kier alpha value is -2.60. The minimum Gasteiger partial charge on any atom is -0.494 e. The summed E-state index contributed by atoms with van der Waals surface area (Å²) in [7, 11) is 0. The Labute approximate surface area is 159 Å². The lowest BCUT2D eigenvalue weighted by molar-refractivity contribution is 0.0977. The van der Waals surface area contributed by atoms with Gasteiger partial charge < -0.3 is 14.8 Å². The molecule has 0 aliphatic carbocycles. The molecule has 0 saturated heterocycles. The van der Waals surface area contributed by atoms with Gasteiger partial charge in [-0.3, -0.25) is 10.1 Å². The van der Waals surface area contributed by atoms with Crippen LogP contribution in [-0.2, 0) is 0 Å². The van der Waals surface area contributed by atoms with Gasteiger partial charge in [0.05, 0.1) is 13.2 Å². The van der Waals surface area contributed by atoms with E-state index in [0.717, 1.165) is 30.0 Å². The molecule has 2 rings (SSSR count). The van der Waals surface area contributed by atoms with E-state index >= 15 is 0 Å². The van der Waals surface area contributed by atoms with Crippen LogP contribution in [0.5, 0.6) is 11.5 Å². The summed E-state index contributed by atoms with van der Waals surface area (Å²) < 4.78 is 11.0. The topological polar surface area (TPSA) is 59.6 Å². The summed E-state index contributed by atoms with van der Waals surface area (Å²) in [6.45, 7) is 5.33. The zero-order valence-electron chi connectivity index (χ0n) is 15.1. The molecule has 0 fully saturated rings. The third kappa shape index (κ3) is 6.37. The molecule has 0 atom stereocenters. The van der Waals surface area contributed by atoms with E-state index < -0.39 is 0 Å². The molecule has 6 heteroatoms. The molecular weight excluding hydrogens is 348 g/mol. The van der Waals surface area contributed by atoms with Gasteiger partial charge in [-0.25, -0.2) is 0 Å². The summed E-state index contributed by atoms with van der Waals surface area (Å²) >= 11 is 5.20. The number of unbranched alkanes of at least 4 members (excludes halogenated alkanes) is 1. The standard InChI is InChI=1S/C20H24N2O3S/c1-3-5-14-25-18-12-8-16(9-13-18)21-20(26)22-19(23)15-6-10-17(11-7-15)24-4-2/h6-13H,3-5,14H2,1-2H3,(H2,21,22,23,26). The van der Waals surface area contributed by atoms with Crippen LogP contribution in [0.2, 0.25) is 0 Å². The van der Waals surface area contributed by atoms with E-state index in [1.54, 1.807) is 24.3 Å². The monoisotopic (exact) mass is 372 g/mol. The third-order valence-electron chi connectivity index (χ3n) is 3.53. The molecule has 2 aromatic rings. The Kier molecular flexibility index (Phi) is 7.89. The largest absolute Gasteiger partial charge is 0.494 e. The summed E-state index contributed by atoms with van der Waals surface area (Å²) in [5.74, 6) is 1.27. The lowest BCUT2D eigenvalue weighted by Gasteiger charge is -2.11. The number of hydrogen-bond donors (Lipinski definition) is 2. The highest BCUT2D eigenvalue weighted by atomic mass is 32.1. The van der Waals surface area contributed by atoms with Crippen LogP contribution < -0.4 is 20.1 Å². The van der Waals surface area contributed by atoms with Gasteiger partial charge in [0.1, 0.15) is 11.5 Å². The van der Waals surface area contributed by atoms with Crippen LogP contribution in [0.4, 0.5) is 5.69 Å². The summed E-state index contributed by atoms with van der Waals surface area (Å²) in [6.07, 6.45) is 2.13. The van der Waals surface area contributed by atoms with Gasteiger partial charge >= 0.3 is 0 Å². The number of hydrogen-bond acceptors (Lipinski definition) is 4. The van der Waals surface area contributed by atoms with Gasteiger partial charge in [0, 0.05) is 11.3 Å². The Balaban J connectivity index is 1.84. The van der Waals surface area contributed by atoms with Crippen LogP contribution in [-0.4, -0.2) is 24.2 Å². The van der Waals surface area contributed by atoms with E-state index in [0.29, 0.717) is 18.8 Å². The van der Waals surface area contributed by atoms with Crippen LogP contribution in [0.15, 0.2) is 48.5 Å². The number of amides is 1. The van der Waals surface area contributed by atoms with E-state index in [1.807, 2.05) is 31.2 Å². The Bertz CT molecular complexity index is 715. The first-order valence-electron chi connectivity index (χ1n) is 8.70. The summed E-state index contributed by atoms with van der Waals surface area (Å²) in [5.41, 5.74) is 1.29. The molecule has 138 valence electrons. The average Bonchev–Trinajstić information content (AvgIpc) is 2.64. The number of benzene rings is 2. The molecule has 0 aliphatic heterocycles. The summed E-state index contributed by atoms with van der Waals surface area (Å²) in [4.78, 5) is 12.2. The molecule has 0 unspecified atom stereocenters. The van der Waals surface area contributed by atoms with Gasteiger partial charge in [-0.05, 0) is 74.1 Å². The average molecular weight is 372 g/mol. The number of carbonyl (C=O) groups excluding carboxylic acids is 1. The Morgan fingerprint density at radius 2 is 1.58 bits per heavy atom. The first-order chi connectivity index (χ1) is 12.6. The first-order valence-corrected chi connectivity index (χ1v) is 9.11. The number of thiocarbonyl (C=S) groups is 1. The lowest BCUT2D eigenvalue weighted by Crippen LogP contribution is -2.34. The van der Waals surface area contributed by atoms with Crippen molar-refractivity contribution in [3.8, 4) is 11.5 Å². The molecule has 5 nitrogen and oxygen atoms in total. The minimum atomic E-state index is -0.273. The molecule has 0 radical (unpaired) electrons. The van der Waals surface area contributed by atoms with Crippen molar-refractivity contribution >= 4 is 28.9 Å². The molecule has 1 amide bonds. The van der Waals surface area contributed by atoms with Crippen LogP contribution >= 0.6 is 12.2 Å². The van der Waals surface area contributed by atoms with Crippen molar-refractivity contribution in [2.24, 2.45) is 0 Å². The smallest absolute Gasteiger partial charge is 0.257 e. The van der Waals surface area contributed by atoms with Crippen molar-refractivity contribution in [1.29, 1.82) is 0 Å². The number of ether oxygens (including phenoxy) is 2. The zero-order valence-corrected chi connectivity index (χ0v) is 15.9. The molecule has 0 aliphatic rings. The SMILES string of the molecule is CCCCOc1ccc(NC(=S)NC(=O)c2ccc(OCC)cc2)cc1. The normalized spacial score (nSPS) is 10.1. The van der Waals surface area contributed by atoms with E-state index in [-0.39, 0.29) is 11.0 Å². The highest BCUT2D eigenvalue weighted by Gasteiger charge is 2.08. The fraction of sp³-hybridized carbons (Fsp3) is 0.300.